The Bertz CT molecular complexity index is 4890. The molecule has 0 aliphatic rings. The maximum Gasteiger partial charge on any atom is 0.0541 e. The van der Waals surface area contributed by atoms with Gasteiger partial charge in [-0.3, -0.25) is 0 Å². The Balaban J connectivity index is 1.05. The number of benzene rings is 12. The first-order valence-corrected chi connectivity index (χ1v) is 33.5. The van der Waals surface area contributed by atoms with E-state index in [-0.39, 0.29) is 27.1 Å². The van der Waals surface area contributed by atoms with Crippen molar-refractivity contribution in [2.45, 2.75) is 131 Å². The first-order chi connectivity index (χ1) is 44.2. The normalized spacial score (nSPS) is 12.5. The summed E-state index contributed by atoms with van der Waals surface area (Å²) in [4.78, 5) is 0. The van der Waals surface area contributed by atoms with Gasteiger partial charge in [0.05, 0.1) is 11.0 Å². The highest BCUT2D eigenvalue weighted by molar-refractivity contribution is 6.12. The van der Waals surface area contributed by atoms with Gasteiger partial charge in [0, 0.05) is 16.5 Å². The second kappa shape index (κ2) is 23.8. The number of hydrogen-bond donors (Lipinski definition) is 0. The molecule has 462 valence electrons. The van der Waals surface area contributed by atoms with Gasteiger partial charge in [-0.1, -0.05) is 304 Å². The minimum atomic E-state index is -0.113. The molecular formula is C92H89N. The molecule has 0 aliphatic heterocycles. The fourth-order valence-electron chi connectivity index (χ4n) is 13.7. The maximum absolute atomic E-state index is 2.53. The third-order valence-electron chi connectivity index (χ3n) is 19.1. The molecule has 0 saturated heterocycles. The van der Waals surface area contributed by atoms with E-state index in [2.05, 4.69) is 375 Å². The van der Waals surface area contributed by atoms with Gasteiger partial charge in [-0.25, -0.2) is 0 Å². The molecule has 0 amide bonds. The lowest BCUT2D eigenvalue weighted by atomic mass is 9.78. The fourth-order valence-corrected chi connectivity index (χ4v) is 13.7. The number of para-hydroxylation sites is 1. The smallest absolute Gasteiger partial charge is 0.0541 e. The van der Waals surface area contributed by atoms with Crippen molar-refractivity contribution in [3.05, 3.63) is 295 Å². The van der Waals surface area contributed by atoms with Crippen LogP contribution in [0.4, 0.5) is 0 Å². The van der Waals surface area contributed by atoms with Gasteiger partial charge in [0.25, 0.3) is 0 Å². The second-order valence-electron chi connectivity index (χ2n) is 31.1. The molecule has 13 rings (SSSR count). The third-order valence-corrected chi connectivity index (χ3v) is 19.1. The van der Waals surface area contributed by atoms with E-state index in [0.717, 1.165) is 11.1 Å². The van der Waals surface area contributed by atoms with Gasteiger partial charge in [-0.15, -0.1) is 0 Å². The van der Waals surface area contributed by atoms with E-state index in [4.69, 9.17) is 0 Å². The van der Waals surface area contributed by atoms with Crippen LogP contribution in [-0.4, -0.2) is 4.57 Å². The van der Waals surface area contributed by atoms with Crippen LogP contribution in [0, 0.1) is 0 Å². The first kappa shape index (κ1) is 62.3. The van der Waals surface area contributed by atoms with Gasteiger partial charge in [0.15, 0.2) is 0 Å². The van der Waals surface area contributed by atoms with Crippen molar-refractivity contribution in [2.24, 2.45) is 0 Å². The molecule has 0 aliphatic carbocycles. The van der Waals surface area contributed by atoms with Gasteiger partial charge in [0.2, 0.25) is 0 Å². The molecule has 0 atom stereocenters. The van der Waals surface area contributed by atoms with Crippen LogP contribution in [-0.2, 0) is 27.1 Å². The summed E-state index contributed by atoms with van der Waals surface area (Å²) >= 11 is 0. The Morgan fingerprint density at radius 3 is 0.828 bits per heavy atom. The quantitative estimate of drug-likeness (QED) is 0.129. The van der Waals surface area contributed by atoms with Crippen molar-refractivity contribution in [2.75, 3.05) is 0 Å². The predicted molar refractivity (Wildman–Crippen MR) is 403 cm³/mol. The summed E-state index contributed by atoms with van der Waals surface area (Å²) in [6.45, 7) is 35.0. The summed E-state index contributed by atoms with van der Waals surface area (Å²) < 4.78 is 2.53. The Morgan fingerprint density at radius 1 is 0.194 bits per heavy atom. The Kier molecular flexibility index (Phi) is 16.0. The van der Waals surface area contributed by atoms with Crippen LogP contribution in [0.1, 0.15) is 132 Å². The molecule has 0 fully saturated rings. The average Bonchev–Trinajstić information content (AvgIpc) is 1.61. The Morgan fingerprint density at radius 2 is 0.473 bits per heavy atom. The van der Waals surface area contributed by atoms with Crippen LogP contribution in [0.25, 0.3) is 128 Å². The van der Waals surface area contributed by atoms with Crippen LogP contribution in [0.2, 0.25) is 0 Å². The van der Waals surface area contributed by atoms with Gasteiger partial charge >= 0.3 is 0 Å². The lowest BCUT2D eigenvalue weighted by Gasteiger charge is -2.27. The number of nitrogens with zero attached hydrogens (tertiary/aromatic N) is 1. The molecular weight excluding hydrogens is 1120 g/mol. The Hall–Kier alpha value is -9.56. The van der Waals surface area contributed by atoms with E-state index in [1.807, 2.05) is 0 Å². The monoisotopic (exact) mass is 1210 g/mol. The zero-order chi connectivity index (χ0) is 65.4. The molecule has 0 bridgehead atoms. The predicted octanol–water partition coefficient (Wildman–Crippen LogP) is 26.3. The summed E-state index contributed by atoms with van der Waals surface area (Å²) in [6, 6.07) is 101. The van der Waals surface area contributed by atoms with Gasteiger partial charge < -0.3 is 4.57 Å². The zero-order valence-corrected chi connectivity index (χ0v) is 57.4. The summed E-state index contributed by atoms with van der Waals surface area (Å²) in [5, 5.41) is 2.41. The first-order valence-electron chi connectivity index (χ1n) is 33.5. The molecule has 0 N–H and O–H groups in total. The molecule has 1 heterocycles. The van der Waals surface area contributed by atoms with Crippen LogP contribution >= 0.6 is 0 Å². The third kappa shape index (κ3) is 12.5. The Labute approximate surface area is 554 Å². The van der Waals surface area contributed by atoms with Crippen molar-refractivity contribution < 1.29 is 0 Å². The number of aromatic nitrogens is 1. The van der Waals surface area contributed by atoms with Crippen molar-refractivity contribution in [3.63, 3.8) is 0 Å². The second-order valence-corrected chi connectivity index (χ2v) is 31.1. The lowest BCUT2D eigenvalue weighted by Crippen LogP contribution is -2.16. The van der Waals surface area contributed by atoms with E-state index < -0.39 is 0 Å². The minimum Gasteiger partial charge on any atom is -0.309 e. The van der Waals surface area contributed by atoms with E-state index in [1.54, 1.807) is 0 Å². The molecule has 0 saturated carbocycles. The van der Waals surface area contributed by atoms with Crippen LogP contribution < -0.4 is 0 Å². The SMILES string of the molecule is CC(C)(C)c1cc(-c2ccccc2-c2cc(-c3ccccc3)cc(-c3ccc4c(c3)c3cc(-c5cc(-c6ccccc6-c6ccccc6)cc(-c6ccccc6-c6cc(C(C)(C)C)cc(C(C)(C)C)c6)c5)ccc3n4-c3ccccc3C(C)(C)C)c2)cc(C(C)(C)C)c1. The van der Waals surface area contributed by atoms with Gasteiger partial charge in [-0.2, -0.15) is 0 Å². The van der Waals surface area contributed by atoms with E-state index >= 15 is 0 Å². The molecule has 12 aromatic carbocycles. The summed E-state index contributed by atoms with van der Waals surface area (Å²) in [5.41, 5.74) is 31.5. The summed E-state index contributed by atoms with van der Waals surface area (Å²) in [7, 11) is 0. The minimum absolute atomic E-state index is 0.0206. The van der Waals surface area contributed by atoms with Gasteiger partial charge in [0.1, 0.15) is 0 Å². The lowest BCUT2D eigenvalue weighted by molar-refractivity contribution is 0.568. The van der Waals surface area contributed by atoms with E-state index in [9.17, 15) is 0 Å². The van der Waals surface area contributed by atoms with E-state index in [0.29, 0.717) is 0 Å². The largest absolute Gasteiger partial charge is 0.309 e. The van der Waals surface area contributed by atoms with E-state index in [1.165, 1.54) is 144 Å². The number of rotatable bonds is 10. The van der Waals surface area contributed by atoms with Crippen molar-refractivity contribution in [3.8, 4) is 106 Å². The number of hydrogen-bond acceptors (Lipinski definition) is 0. The van der Waals surface area contributed by atoms with Crippen molar-refractivity contribution in [1.82, 2.24) is 4.57 Å². The summed E-state index contributed by atoms with van der Waals surface area (Å²) in [6.07, 6.45) is 0. The highest BCUT2D eigenvalue weighted by Crippen LogP contribution is 2.47. The average molecular weight is 1210 g/mol. The highest BCUT2D eigenvalue weighted by atomic mass is 15.0. The standard InChI is InChI=1S/C92H89N/c1-88(2,3)72-52-70(53-73(58-72)89(4,5)6)80-38-26-24-36-78(80)67-47-64(60-30-18-16-19-31-60)46-65(48-67)62-42-44-85-82(56-62)83-57-63(43-45-86(83)93(85)87-41-29-28-40-84(87)92(13,14)15)66-49-68(77-35-23-22-34-76(77)61-32-20-17-21-33-61)51-69(50-66)79-37-25-27-39-81(79)71-54-74(90(7,8)9)59-75(55-71)91(10,11)12/h16-59H,1-15H3. The molecule has 93 heavy (non-hydrogen) atoms. The highest BCUT2D eigenvalue weighted by Gasteiger charge is 2.27. The molecule has 1 heteroatoms. The summed E-state index contributed by atoms with van der Waals surface area (Å²) in [5.74, 6) is 0. The number of fused-ring (bicyclic) bond motifs is 3. The topological polar surface area (TPSA) is 4.93 Å². The maximum atomic E-state index is 2.53. The molecule has 1 aromatic heterocycles. The zero-order valence-electron chi connectivity index (χ0n) is 57.4. The fraction of sp³-hybridized carbons (Fsp3) is 0.217. The van der Waals surface area contributed by atoms with Crippen LogP contribution in [0.15, 0.2) is 267 Å². The molecule has 0 spiro atoms. The van der Waals surface area contributed by atoms with Crippen LogP contribution in [0.3, 0.4) is 0 Å². The molecule has 0 unspecified atom stereocenters. The van der Waals surface area contributed by atoms with Crippen LogP contribution in [0.5, 0.6) is 0 Å². The molecule has 13 aromatic rings. The van der Waals surface area contributed by atoms with Crippen molar-refractivity contribution >= 4 is 21.8 Å². The van der Waals surface area contributed by atoms with Crippen molar-refractivity contribution in [1.29, 1.82) is 0 Å². The molecule has 1 nitrogen and oxygen atoms in total. The van der Waals surface area contributed by atoms with Gasteiger partial charge in [-0.05, 0) is 222 Å². The molecule has 0 radical (unpaired) electrons.